The van der Waals surface area contributed by atoms with Crippen LogP contribution in [0, 0.1) is 6.92 Å². The summed E-state index contributed by atoms with van der Waals surface area (Å²) in [4.78, 5) is 8.72. The molecule has 0 aliphatic carbocycles. The number of phenols is 1. The van der Waals surface area contributed by atoms with Crippen molar-refractivity contribution in [3.63, 3.8) is 0 Å². The van der Waals surface area contributed by atoms with Gasteiger partial charge in [-0.1, -0.05) is 17.7 Å². The van der Waals surface area contributed by atoms with E-state index >= 15 is 0 Å². The van der Waals surface area contributed by atoms with Gasteiger partial charge in [0.2, 0.25) is 0 Å². The van der Waals surface area contributed by atoms with Crippen LogP contribution in [0.15, 0.2) is 54.9 Å². The summed E-state index contributed by atoms with van der Waals surface area (Å²) in [7, 11) is 0. The van der Waals surface area contributed by atoms with Crippen molar-refractivity contribution in [1.82, 2.24) is 9.97 Å². The first-order chi connectivity index (χ1) is 10.6. The molecule has 0 spiro atoms. The molecule has 0 bridgehead atoms. The fraction of sp³-hybridized carbons (Fsp3) is 0.0588. The van der Waals surface area contributed by atoms with E-state index < -0.39 is 0 Å². The van der Waals surface area contributed by atoms with Gasteiger partial charge in [0.05, 0.1) is 18.1 Å². The minimum Gasteiger partial charge on any atom is -0.508 e. The Morgan fingerprint density at radius 2 is 1.82 bits per heavy atom. The van der Waals surface area contributed by atoms with Crippen molar-refractivity contribution in [2.75, 3.05) is 5.32 Å². The van der Waals surface area contributed by atoms with Gasteiger partial charge in [0.15, 0.2) is 0 Å². The molecular weight excluding hydrogens is 298 g/mol. The minimum atomic E-state index is 0.222. The van der Waals surface area contributed by atoms with E-state index in [1.165, 1.54) is 0 Å². The number of nitrogens with one attached hydrogen (secondary N) is 1. The normalized spacial score (nSPS) is 10.5. The van der Waals surface area contributed by atoms with Crippen LogP contribution in [0.2, 0.25) is 5.02 Å². The van der Waals surface area contributed by atoms with Crippen molar-refractivity contribution >= 4 is 23.1 Å². The highest BCUT2D eigenvalue weighted by Crippen LogP contribution is 2.24. The van der Waals surface area contributed by atoms with Gasteiger partial charge >= 0.3 is 0 Å². The summed E-state index contributed by atoms with van der Waals surface area (Å²) >= 11 is 6.12. The van der Waals surface area contributed by atoms with Crippen LogP contribution in [-0.4, -0.2) is 15.1 Å². The molecule has 0 atom stereocenters. The highest BCUT2D eigenvalue weighted by atomic mass is 35.5. The Kier molecular flexibility index (Phi) is 3.94. The molecule has 3 rings (SSSR count). The third-order valence-corrected chi connectivity index (χ3v) is 3.65. The Morgan fingerprint density at radius 1 is 1.05 bits per heavy atom. The average Bonchev–Trinajstić information content (AvgIpc) is 2.52. The van der Waals surface area contributed by atoms with Crippen LogP contribution >= 0.6 is 11.6 Å². The molecule has 2 N–H and O–H groups in total. The maximum Gasteiger partial charge on any atom is 0.149 e. The highest BCUT2D eigenvalue weighted by molar-refractivity contribution is 6.31. The van der Waals surface area contributed by atoms with Crippen LogP contribution in [-0.2, 0) is 0 Å². The predicted octanol–water partition coefficient (Wildman–Crippen LogP) is 4.55. The summed E-state index contributed by atoms with van der Waals surface area (Å²) < 4.78 is 0. The molecule has 2 aromatic carbocycles. The van der Waals surface area contributed by atoms with Gasteiger partial charge < -0.3 is 10.4 Å². The molecule has 1 aromatic heterocycles. The van der Waals surface area contributed by atoms with Gasteiger partial charge in [-0.3, -0.25) is 4.98 Å². The first kappa shape index (κ1) is 14.4. The second kappa shape index (κ2) is 6.03. The van der Waals surface area contributed by atoms with Gasteiger partial charge in [-0.15, -0.1) is 0 Å². The summed E-state index contributed by atoms with van der Waals surface area (Å²) in [5.74, 6) is 0.853. The first-order valence-electron chi connectivity index (χ1n) is 6.76. The SMILES string of the molecule is Cc1ccc(Nc2cncc(-c3ccc(O)cc3)n2)cc1Cl. The Balaban J connectivity index is 1.87. The number of aromatic hydroxyl groups is 1. The van der Waals surface area contributed by atoms with Crippen molar-refractivity contribution in [2.24, 2.45) is 0 Å². The van der Waals surface area contributed by atoms with Crippen LogP contribution < -0.4 is 5.32 Å². The molecule has 0 amide bonds. The van der Waals surface area contributed by atoms with E-state index in [1.807, 2.05) is 25.1 Å². The lowest BCUT2D eigenvalue weighted by Crippen LogP contribution is -1.96. The summed E-state index contributed by atoms with van der Waals surface area (Å²) in [5.41, 5.74) is 3.49. The summed E-state index contributed by atoms with van der Waals surface area (Å²) in [6.07, 6.45) is 3.33. The second-order valence-corrected chi connectivity index (χ2v) is 5.33. The molecule has 110 valence electrons. The number of aromatic nitrogens is 2. The van der Waals surface area contributed by atoms with Gasteiger partial charge in [-0.2, -0.15) is 0 Å². The Labute approximate surface area is 133 Å². The molecule has 0 saturated heterocycles. The lowest BCUT2D eigenvalue weighted by Gasteiger charge is -2.08. The number of anilines is 2. The molecule has 0 aliphatic rings. The fourth-order valence-corrected chi connectivity index (χ4v) is 2.20. The van der Waals surface area contributed by atoms with E-state index in [1.54, 1.807) is 36.7 Å². The van der Waals surface area contributed by atoms with Crippen LogP contribution in [0.1, 0.15) is 5.56 Å². The number of aryl methyl sites for hydroxylation is 1. The molecule has 0 radical (unpaired) electrons. The standard InChI is InChI=1S/C17H14ClN3O/c1-11-2-5-13(8-15(11)18)20-17-10-19-9-16(21-17)12-3-6-14(22)7-4-12/h2-10,22H,1H3,(H,20,21). The van der Waals surface area contributed by atoms with Crippen LogP contribution in [0.4, 0.5) is 11.5 Å². The number of phenolic OH excluding ortho intramolecular Hbond substituents is 1. The quantitative estimate of drug-likeness (QED) is 0.744. The number of halogens is 1. The molecule has 0 aliphatic heterocycles. The fourth-order valence-electron chi connectivity index (χ4n) is 2.02. The largest absolute Gasteiger partial charge is 0.508 e. The zero-order valence-corrected chi connectivity index (χ0v) is 12.7. The number of hydrogen-bond acceptors (Lipinski definition) is 4. The smallest absolute Gasteiger partial charge is 0.149 e. The van der Waals surface area contributed by atoms with Crippen molar-refractivity contribution in [1.29, 1.82) is 0 Å². The van der Waals surface area contributed by atoms with E-state index in [-0.39, 0.29) is 5.75 Å². The van der Waals surface area contributed by atoms with Crippen molar-refractivity contribution < 1.29 is 5.11 Å². The van der Waals surface area contributed by atoms with Gasteiger partial charge in [0.1, 0.15) is 11.6 Å². The van der Waals surface area contributed by atoms with Gasteiger partial charge in [0, 0.05) is 16.3 Å². The van der Waals surface area contributed by atoms with Gasteiger partial charge in [-0.05, 0) is 48.9 Å². The topological polar surface area (TPSA) is 58.0 Å². The molecule has 0 saturated carbocycles. The number of hydrogen-bond donors (Lipinski definition) is 2. The Hall–Kier alpha value is -2.59. The summed E-state index contributed by atoms with van der Waals surface area (Å²) in [6.45, 7) is 1.96. The molecule has 0 unspecified atom stereocenters. The van der Waals surface area contributed by atoms with E-state index in [0.717, 1.165) is 22.5 Å². The molecule has 22 heavy (non-hydrogen) atoms. The molecular formula is C17H14ClN3O. The predicted molar refractivity (Wildman–Crippen MR) is 88.6 cm³/mol. The van der Waals surface area contributed by atoms with E-state index in [0.29, 0.717) is 10.8 Å². The van der Waals surface area contributed by atoms with E-state index in [4.69, 9.17) is 11.6 Å². The monoisotopic (exact) mass is 311 g/mol. The maximum absolute atomic E-state index is 9.34. The lowest BCUT2D eigenvalue weighted by molar-refractivity contribution is 0.475. The maximum atomic E-state index is 9.34. The number of rotatable bonds is 3. The van der Waals surface area contributed by atoms with Gasteiger partial charge in [-0.25, -0.2) is 4.98 Å². The summed E-state index contributed by atoms with van der Waals surface area (Å²) in [5, 5.41) is 13.2. The highest BCUT2D eigenvalue weighted by Gasteiger charge is 2.04. The van der Waals surface area contributed by atoms with Crippen LogP contribution in [0.5, 0.6) is 5.75 Å². The van der Waals surface area contributed by atoms with E-state index in [2.05, 4.69) is 15.3 Å². The number of nitrogens with zero attached hydrogens (tertiary/aromatic N) is 2. The number of benzene rings is 2. The summed E-state index contributed by atoms with van der Waals surface area (Å²) in [6, 6.07) is 12.6. The lowest BCUT2D eigenvalue weighted by atomic mass is 10.1. The molecule has 3 aromatic rings. The van der Waals surface area contributed by atoms with Crippen LogP contribution in [0.3, 0.4) is 0 Å². The van der Waals surface area contributed by atoms with E-state index in [9.17, 15) is 5.11 Å². The van der Waals surface area contributed by atoms with Gasteiger partial charge in [0.25, 0.3) is 0 Å². The molecule has 4 nitrogen and oxygen atoms in total. The van der Waals surface area contributed by atoms with Crippen LogP contribution in [0.25, 0.3) is 11.3 Å². The van der Waals surface area contributed by atoms with Crippen molar-refractivity contribution in [3.8, 4) is 17.0 Å². The van der Waals surface area contributed by atoms with Crippen molar-refractivity contribution in [3.05, 3.63) is 65.4 Å². The average molecular weight is 312 g/mol. The van der Waals surface area contributed by atoms with Crippen molar-refractivity contribution in [2.45, 2.75) is 6.92 Å². The zero-order valence-electron chi connectivity index (χ0n) is 11.9. The molecule has 0 fully saturated rings. The molecule has 5 heteroatoms. The zero-order chi connectivity index (χ0) is 15.5. The Morgan fingerprint density at radius 3 is 2.55 bits per heavy atom. The third-order valence-electron chi connectivity index (χ3n) is 3.24. The Bertz CT molecular complexity index is 803. The molecule has 1 heterocycles. The third kappa shape index (κ3) is 3.18. The second-order valence-electron chi connectivity index (χ2n) is 4.93. The first-order valence-corrected chi connectivity index (χ1v) is 7.14. The minimum absolute atomic E-state index is 0.222.